The molecule has 4 saturated heterocycles. The topological polar surface area (TPSA) is 295 Å². The summed E-state index contributed by atoms with van der Waals surface area (Å²) >= 11 is 15.3. The molecule has 0 bridgehead atoms. The maximum Gasteiger partial charge on any atom is 0.316 e. The molecule has 9 heterocycles. The van der Waals surface area contributed by atoms with Crippen LogP contribution < -0.4 is 65.5 Å². The number of halogens is 2. The van der Waals surface area contributed by atoms with Crippen LogP contribution in [0.2, 0.25) is 10.0 Å². The Bertz CT molecular complexity index is 6810. The minimum Gasteiger partial charge on any atom is -0.508 e. The number of nitrogens with zero attached hydrogens (tertiary/aromatic N) is 16. The maximum absolute atomic E-state index is 13.7. The number of piperazine rings is 4. The number of thiophene rings is 1. The lowest BCUT2D eigenvalue weighted by Gasteiger charge is -2.36. The minimum atomic E-state index is -3.51. The van der Waals surface area contributed by atoms with Crippen LogP contribution in [0, 0.1) is 5.92 Å². The first-order valence-corrected chi connectivity index (χ1v) is 52.0. The first-order chi connectivity index (χ1) is 69.8. The molecule has 143 heavy (non-hydrogen) atoms. The molecule has 0 radical (unpaired) electrons. The molecule has 1 saturated carbocycles. The van der Waals surface area contributed by atoms with E-state index in [4.69, 9.17) is 51.6 Å². The predicted molar refractivity (Wildman–Crippen MR) is 563 cm³/mol. The van der Waals surface area contributed by atoms with Gasteiger partial charge in [0.15, 0.2) is 0 Å². The fourth-order valence-electron chi connectivity index (χ4n) is 17.8. The fourth-order valence-corrected chi connectivity index (χ4v) is 21.9. The average molecular weight is 2030 g/mol. The lowest BCUT2D eigenvalue weighted by atomic mass is 9.87. The molecule has 14 aromatic rings. The number of ether oxygens (including phenoxy) is 6. The molecule has 1 aliphatic carbocycles. The van der Waals surface area contributed by atoms with Gasteiger partial charge in [-0.25, -0.2) is 8.42 Å². The van der Waals surface area contributed by atoms with Crippen molar-refractivity contribution in [1.29, 1.82) is 0 Å². The SMILES string of the molecule is COCCOc1c(N2CCN(Cc3c(Cl)cccc3Cl)CC2)cnn(-c2ccccc2)c1=O.COc1ccc(CCOc2c(N3CCN(Cc4ccccc4O)CC3)cnn(-c3ccccc3)c2=O)cc1.COc1ccc(Sc2c(N3CCN(S(=O)(=O)c4cccs4)CC3)cnn(-c3ccccc3)c2=O)cc1.O=c1c(OCCC2CCCCC2)c(N2CCN(Cc3cccc(O)c3)CC2)cnn1-c1ccccc1. The van der Waals surface area contributed by atoms with Gasteiger partial charge in [0.25, 0.3) is 15.6 Å². The summed E-state index contributed by atoms with van der Waals surface area (Å²) in [6, 6.07) is 76.7. The van der Waals surface area contributed by atoms with E-state index >= 15 is 0 Å². The summed E-state index contributed by atoms with van der Waals surface area (Å²) in [6.07, 6.45) is 15.0. The van der Waals surface area contributed by atoms with Crippen LogP contribution in [-0.2, 0) is 40.8 Å². The van der Waals surface area contributed by atoms with Gasteiger partial charge in [0.05, 0.1) is 87.3 Å². The molecule has 5 aliphatic rings. The summed E-state index contributed by atoms with van der Waals surface area (Å²) in [5.74, 6) is 3.85. The number of phenols is 2. The summed E-state index contributed by atoms with van der Waals surface area (Å²) in [5.41, 5.74) is 8.72. The van der Waals surface area contributed by atoms with Crippen molar-refractivity contribution in [2.24, 2.45) is 5.92 Å². The Kier molecular flexibility index (Phi) is 36.3. The van der Waals surface area contributed by atoms with Gasteiger partial charge in [-0.1, -0.05) is 194 Å². The molecule has 0 atom stereocenters. The number of hydrogen-bond acceptors (Lipinski definition) is 27. The molecule has 2 N–H and O–H groups in total. The lowest BCUT2D eigenvalue weighted by molar-refractivity contribution is 0.145. The number of rotatable bonds is 32. The number of phenolic OH excluding ortho intramolecular Hbond substituents is 2. The summed E-state index contributed by atoms with van der Waals surface area (Å²) < 4.78 is 67.3. The molecule has 4 aliphatic heterocycles. The van der Waals surface area contributed by atoms with Crippen LogP contribution in [0.5, 0.6) is 40.2 Å². The first kappa shape index (κ1) is 103. The number of methoxy groups -OCH3 is 3. The van der Waals surface area contributed by atoms with Gasteiger partial charge in [0.2, 0.25) is 17.2 Å². The highest BCUT2D eigenvalue weighted by molar-refractivity contribution is 7.99. The molecular weight excluding hydrogens is 1910 g/mol. The zero-order valence-corrected chi connectivity index (χ0v) is 84.2. The number of sulfonamides is 1. The van der Waals surface area contributed by atoms with Crippen LogP contribution in [0.4, 0.5) is 22.7 Å². The van der Waals surface area contributed by atoms with Gasteiger partial charge >= 0.3 is 16.7 Å². The van der Waals surface area contributed by atoms with Crippen LogP contribution in [0.15, 0.2) is 312 Å². The van der Waals surface area contributed by atoms with E-state index in [9.17, 15) is 37.8 Å². The van der Waals surface area contributed by atoms with E-state index in [1.165, 1.54) is 78.2 Å². The predicted octanol–water partition coefficient (Wildman–Crippen LogP) is 16.4. The third kappa shape index (κ3) is 26.8. The summed E-state index contributed by atoms with van der Waals surface area (Å²) in [6.45, 7) is 14.7. The third-order valence-electron chi connectivity index (χ3n) is 25.7. The number of aromatic hydroxyl groups is 2. The van der Waals surface area contributed by atoms with Gasteiger partial charge < -0.3 is 58.2 Å². The lowest BCUT2D eigenvalue weighted by Crippen LogP contribution is -2.49. The molecule has 0 unspecified atom stereocenters. The highest BCUT2D eigenvalue weighted by atomic mass is 35.5. The van der Waals surface area contributed by atoms with Crippen LogP contribution in [-0.4, -0.2) is 229 Å². The second-order valence-corrected chi connectivity index (χ2v) is 40.0. The number of benzene rings is 9. The Labute approximate surface area is 850 Å². The van der Waals surface area contributed by atoms with Crippen molar-refractivity contribution in [3.05, 3.63) is 353 Å². The number of aromatic nitrogens is 8. The Morgan fingerprint density at radius 2 is 0.832 bits per heavy atom. The van der Waals surface area contributed by atoms with Crippen LogP contribution >= 0.6 is 46.3 Å². The molecular formula is C108H118Cl2N16O14S3. The van der Waals surface area contributed by atoms with Crippen molar-refractivity contribution in [3.63, 3.8) is 0 Å². The van der Waals surface area contributed by atoms with E-state index in [1.54, 1.807) is 75.8 Å². The molecule has 35 heteroatoms. The van der Waals surface area contributed by atoms with Crippen LogP contribution in [0.1, 0.15) is 60.8 Å². The minimum absolute atomic E-state index is 0.204. The van der Waals surface area contributed by atoms with Crippen molar-refractivity contribution in [3.8, 4) is 63.0 Å². The molecule has 19 rings (SSSR count). The summed E-state index contributed by atoms with van der Waals surface area (Å²) in [5, 5.41) is 40.9. The molecule has 30 nitrogen and oxygen atoms in total. The third-order valence-corrected chi connectivity index (χ3v) is 30.8. The smallest absolute Gasteiger partial charge is 0.316 e. The van der Waals surface area contributed by atoms with E-state index in [0.29, 0.717) is 148 Å². The highest BCUT2D eigenvalue weighted by Gasteiger charge is 2.34. The monoisotopic (exact) mass is 2030 g/mol. The second kappa shape index (κ2) is 50.6. The normalized spacial score (nSPS) is 15.1. The summed E-state index contributed by atoms with van der Waals surface area (Å²) in [4.78, 5) is 71.0. The van der Waals surface area contributed by atoms with Crippen molar-refractivity contribution in [2.75, 3.05) is 172 Å². The standard InChI is InChI=1S/C30H32N4O4.C29H36N4O3.C25H24N4O4S3.C24H26Cl2N4O3/c1-37-26-13-11-23(12-14-26)15-20-38-29-27(21-31-34(30(29)36)25-8-3-2-4-9-25)33-18-16-32(17-19-33)22-24-7-5-6-10-28(24)35;34-26-13-7-10-24(20-26)22-31-15-17-32(18-16-31)27-21-30-33(25-11-5-2-6-12-25)29(35)28(27)36-19-14-23-8-3-1-4-9-23;1-33-20-9-11-21(12-10-20)35-24-22(18-26-29(25(24)30)19-6-3-2-4-7-19)27-13-15-28(16-14-27)36(31,32)23-8-5-17-34-23;1-32-14-15-33-23-22(16-27-30(24(23)31)18-6-3-2-4-7-18)29-12-10-28(11-13-29)17-19-20(25)8-5-9-21(19)26/h2-14,21,35H,15-20,22H2,1H3;2,5-7,10-13,20-21,23,34H,1,3-4,8-9,14-19,22H2;2-12,17-18H,13-16H2,1H3;2-9,16H,10-15,17H2,1H3. The van der Waals surface area contributed by atoms with Gasteiger partial charge in [-0.05, 0) is 150 Å². The number of hydrogen-bond donors (Lipinski definition) is 2. The zero-order chi connectivity index (χ0) is 99.4. The maximum atomic E-state index is 13.7. The zero-order valence-electron chi connectivity index (χ0n) is 80.3. The largest absolute Gasteiger partial charge is 0.508 e. The Hall–Kier alpha value is -13.3. The highest BCUT2D eigenvalue weighted by Crippen LogP contribution is 2.38. The molecule has 0 spiro atoms. The van der Waals surface area contributed by atoms with E-state index < -0.39 is 10.0 Å². The van der Waals surface area contributed by atoms with Crippen molar-refractivity contribution in [2.45, 2.75) is 78.6 Å². The van der Waals surface area contributed by atoms with Crippen LogP contribution in [0.3, 0.4) is 0 Å². The average Bonchev–Trinajstić information content (AvgIpc) is 0.908. The molecule has 9 aromatic carbocycles. The Balaban J connectivity index is 0.000000137. The number of anilines is 4. The van der Waals surface area contributed by atoms with E-state index in [1.807, 2.05) is 229 Å². The fraction of sp³-hybridized carbons (Fsp3) is 0.315. The quantitative estimate of drug-likeness (QED) is 0.0370. The molecule has 5 aromatic heterocycles. The van der Waals surface area contributed by atoms with Crippen molar-refractivity contribution < 1.29 is 47.1 Å². The van der Waals surface area contributed by atoms with E-state index in [-0.39, 0.29) is 34.6 Å². The van der Waals surface area contributed by atoms with Gasteiger partial charge in [-0.3, -0.25) is 33.9 Å². The van der Waals surface area contributed by atoms with Crippen molar-refractivity contribution in [1.82, 2.24) is 58.1 Å². The second-order valence-electron chi connectivity index (χ2n) is 35.0. The van der Waals surface area contributed by atoms with Gasteiger partial charge in [-0.2, -0.15) is 43.4 Å². The Morgan fingerprint density at radius 3 is 1.30 bits per heavy atom. The molecule has 746 valence electrons. The summed E-state index contributed by atoms with van der Waals surface area (Å²) in [7, 11) is 1.34. The number of para-hydroxylation sites is 5. The molecule has 0 amide bonds. The van der Waals surface area contributed by atoms with Crippen molar-refractivity contribution >= 4 is 79.1 Å². The Morgan fingerprint density at radius 1 is 0.406 bits per heavy atom. The van der Waals surface area contributed by atoms with Gasteiger partial charge in [0.1, 0.15) is 55.8 Å². The van der Waals surface area contributed by atoms with Gasteiger partial charge in [-0.15, -0.1) is 11.3 Å². The first-order valence-electron chi connectivity index (χ1n) is 48.1. The van der Waals surface area contributed by atoms with E-state index in [0.717, 1.165) is 142 Å². The van der Waals surface area contributed by atoms with Gasteiger partial charge in [0, 0.05) is 164 Å². The van der Waals surface area contributed by atoms with E-state index in [2.05, 4.69) is 49.8 Å². The van der Waals surface area contributed by atoms with Crippen LogP contribution in [0.25, 0.3) is 22.7 Å². The molecule has 5 fully saturated rings.